The molecule has 102 heavy (non-hydrogen) atoms. The second-order valence-corrected chi connectivity index (χ2v) is 27.5. The molecule has 5 fully saturated rings. The molecule has 11 N–H and O–H groups in total. The van der Waals surface area contributed by atoms with E-state index in [2.05, 4.69) is 20.4 Å². The van der Waals surface area contributed by atoms with Crippen LogP contribution in [0.15, 0.2) is 72.8 Å². The van der Waals surface area contributed by atoms with Gasteiger partial charge in [0.1, 0.15) is 41.9 Å². The first kappa shape index (κ1) is 95.8. The first-order chi connectivity index (χ1) is 46.7. The number of likely N-dealkylation sites (N-methyl/N-ethyl adjacent to an activating group) is 3. The molecule has 2 amide bonds. The van der Waals surface area contributed by atoms with Gasteiger partial charge < -0.3 is 116 Å². The number of benzene rings is 3. The van der Waals surface area contributed by atoms with E-state index in [0.717, 1.165) is 33.8 Å². The van der Waals surface area contributed by atoms with Crippen LogP contribution in [0.5, 0.6) is 0 Å². The summed E-state index contributed by atoms with van der Waals surface area (Å²) in [6.45, 7) is 19.3. The van der Waals surface area contributed by atoms with E-state index in [-0.39, 0.29) is 216 Å². The van der Waals surface area contributed by atoms with E-state index in [0.29, 0.717) is 58.4 Å². The third-order valence-electron chi connectivity index (χ3n) is 19.4. The second-order valence-electron chi connectivity index (χ2n) is 27.5. The van der Waals surface area contributed by atoms with Gasteiger partial charge in [-0.25, -0.2) is 9.59 Å². The summed E-state index contributed by atoms with van der Waals surface area (Å²) in [6, 6.07) is 23.0. The molecular formula is C72H116Cs2N6O22. The van der Waals surface area contributed by atoms with Gasteiger partial charge in [0.2, 0.25) is 0 Å². The van der Waals surface area contributed by atoms with Crippen molar-refractivity contribution in [3.05, 3.63) is 89.5 Å². The predicted molar refractivity (Wildman–Crippen MR) is 372 cm³/mol. The number of hydrogen-bond donors (Lipinski definition) is 10. The number of carbonyl (C=O) groups excluding carboxylic acids is 5. The SMILES string of the molecule is C.CC[C@H]1OC(=O)[C@H](C)[C@@H](O[C@H]2C[C@@](C)(OC)[C@@H](O)[C@H](C)O2)[C@H](C)[C@@H](O[C@@H]2O[C@H](C)C[C@H](N(C)CCc3ccc(NC[C@@H]4CN(C)C(=O)O4)cc3)[C@H]2O)[C@](C)(O)C[C@@H](C)C(=O)[C@H](C)[C@@H](O)[C@]1(C)O.CN1C[C@H](CNc2ccc(CCO)cc2)OC1=O.Nc1ccc(CCO)cc1.O=CO[O-].[Cs+].[Cs+].[H-]. The molecule has 5 aliphatic heterocycles. The van der Waals surface area contributed by atoms with Crippen molar-refractivity contribution in [1.82, 2.24) is 14.7 Å². The van der Waals surface area contributed by atoms with Crippen LogP contribution in [0.1, 0.15) is 120 Å². The third kappa shape index (κ3) is 28.0. The summed E-state index contributed by atoms with van der Waals surface area (Å²) in [5, 5.41) is 91.4. The predicted octanol–water partition coefficient (Wildman–Crippen LogP) is -1.66. The van der Waals surface area contributed by atoms with Gasteiger partial charge in [-0.3, -0.25) is 14.4 Å². The van der Waals surface area contributed by atoms with Gasteiger partial charge in [-0.05, 0) is 140 Å². The van der Waals surface area contributed by atoms with Crippen LogP contribution in [0.25, 0.3) is 0 Å². The minimum atomic E-state index is -2.03. The van der Waals surface area contributed by atoms with Gasteiger partial charge in [-0.15, -0.1) is 0 Å². The quantitative estimate of drug-likeness (QED) is 0.0142. The average molecular weight is 1680 g/mol. The van der Waals surface area contributed by atoms with E-state index >= 15 is 0 Å². The molecule has 0 aromatic heterocycles. The number of anilines is 3. The number of nitrogens with two attached hydrogens (primary N) is 1. The molecule has 0 aliphatic carbocycles. The van der Waals surface area contributed by atoms with Crippen molar-refractivity contribution in [2.75, 3.05) is 90.6 Å². The smallest absolute Gasteiger partial charge is 1.00 e. The molecule has 0 spiro atoms. The average Bonchev–Trinajstić information content (AvgIpc) is 1.37. The largest absolute Gasteiger partial charge is 1.00 e. The Balaban J connectivity index is 0.00000120. The maximum absolute atomic E-state index is 14.3. The standard InChI is InChI=1S/C49H81N3O15.C13H18N2O3.C8H11NO.CH2O3.CH4.2Cs.H/c1-14-36-49(10,60)41(55)28(4)38(53)26(2)22-47(8,59)43(29(5)40(30(6)44(57)65-36)66-37-23-48(9,61-13)42(56)31(7)63-37)67-45-39(54)35(21-27(3)62-45)51(11)20-19-32-15-17-33(18-16-32)50-24-34-25-52(12)46(58)64-34;1-15-9-12(18-13(15)17)8-14-11-4-2-10(3-5-11)6-7-16;9-8-3-1-7(2-4-8)5-6-10;2-1-4-3;;;;/h15-18,26-31,34-37,39-43,45,50,54-56,59-60H,14,19-25H2,1-13H3;2-5,12,14,16H,6-9H2,1H3;1-4,10H,5-6,9H2;1,3H;1H4;;;/q;;;;;2*+1;-1/p-1/t26-,27-,28+,29+,30-,31+,34-,35+,36-,37+,39-,40+,41-,42+,43-,45+,47-,48-,49-;12-;;;;;;/m10....../s1. The van der Waals surface area contributed by atoms with Crippen molar-refractivity contribution in [3.63, 3.8) is 0 Å². The van der Waals surface area contributed by atoms with E-state index in [1.807, 2.05) is 86.8 Å². The van der Waals surface area contributed by atoms with Crippen LogP contribution < -0.4 is 159 Å². The van der Waals surface area contributed by atoms with Crippen LogP contribution in [-0.4, -0.2) is 252 Å². The van der Waals surface area contributed by atoms with E-state index in [4.69, 9.17) is 63.9 Å². The van der Waals surface area contributed by atoms with Crippen LogP contribution in [0.2, 0.25) is 0 Å². The molecule has 5 saturated heterocycles. The van der Waals surface area contributed by atoms with Crippen molar-refractivity contribution < 1.29 is 247 Å². The van der Waals surface area contributed by atoms with Gasteiger partial charge in [0, 0.05) is 88.2 Å². The molecule has 5 heterocycles. The van der Waals surface area contributed by atoms with Crippen LogP contribution >= 0.6 is 0 Å². The van der Waals surface area contributed by atoms with Crippen LogP contribution in [-0.2, 0) is 76.4 Å². The number of ether oxygens (including phenoxy) is 8. The van der Waals surface area contributed by atoms with E-state index < -0.39 is 114 Å². The Kier molecular flexibility index (Phi) is 42.9. The van der Waals surface area contributed by atoms with E-state index in [1.165, 1.54) is 27.9 Å². The number of rotatable bonds is 21. The zero-order valence-corrected chi connectivity index (χ0v) is 74.5. The molecular weight excluding hydrogens is 1570 g/mol. The number of aliphatic hydroxyl groups excluding tert-OH is 5. The van der Waals surface area contributed by atoms with Crippen molar-refractivity contribution in [2.45, 2.75) is 218 Å². The fourth-order valence-corrected chi connectivity index (χ4v) is 13.3. The Labute approximate surface area is 721 Å². The molecule has 30 heteroatoms. The third-order valence-corrected chi connectivity index (χ3v) is 19.4. The van der Waals surface area contributed by atoms with Crippen molar-refractivity contribution >= 4 is 47.5 Å². The summed E-state index contributed by atoms with van der Waals surface area (Å²) in [5.41, 5.74) is 6.45. The summed E-state index contributed by atoms with van der Waals surface area (Å²) in [5.74, 6) is -5.19. The van der Waals surface area contributed by atoms with E-state index in [1.54, 1.807) is 65.4 Å². The number of nitrogens with one attached hydrogen (secondary N) is 2. The zero-order valence-electron chi connectivity index (χ0n) is 62.9. The van der Waals surface area contributed by atoms with Gasteiger partial charge in [-0.2, -0.15) is 0 Å². The number of cyclic esters (lactones) is 3. The van der Waals surface area contributed by atoms with Crippen molar-refractivity contribution in [3.8, 4) is 0 Å². The van der Waals surface area contributed by atoms with Crippen molar-refractivity contribution in [2.24, 2.45) is 23.7 Å². The summed E-state index contributed by atoms with van der Waals surface area (Å²) in [4.78, 5) is 67.7. The maximum atomic E-state index is 14.3. The molecule has 20 atom stereocenters. The van der Waals surface area contributed by atoms with Crippen LogP contribution in [0.4, 0.5) is 26.7 Å². The van der Waals surface area contributed by atoms with Crippen molar-refractivity contribution in [1.29, 1.82) is 0 Å². The summed E-state index contributed by atoms with van der Waals surface area (Å²) in [6.07, 6.45) is -9.27. The molecule has 8 rings (SSSR count). The Bertz CT molecular complexity index is 2970. The summed E-state index contributed by atoms with van der Waals surface area (Å²) >= 11 is 0. The van der Waals surface area contributed by atoms with E-state index in [9.17, 15) is 44.7 Å². The van der Waals surface area contributed by atoms with Gasteiger partial charge in [0.05, 0.1) is 73.8 Å². The monoisotopic (exact) mass is 1680 g/mol. The fraction of sp³-hybridized carbons (Fsp3) is 0.681. The van der Waals surface area contributed by atoms with Gasteiger partial charge in [0.25, 0.3) is 6.47 Å². The number of nitrogens with zero attached hydrogens (tertiary/aromatic N) is 3. The number of hydrogen-bond acceptors (Lipinski definition) is 26. The minimum absolute atomic E-state index is 0. The first-order valence-corrected chi connectivity index (χ1v) is 34.0. The number of aliphatic hydroxyl groups is 7. The molecule has 0 saturated carbocycles. The fourth-order valence-electron chi connectivity index (χ4n) is 13.3. The molecule has 0 unspecified atom stereocenters. The molecule has 3 aromatic carbocycles. The normalized spacial score (nSPS) is 32.6. The number of esters is 1. The van der Waals surface area contributed by atoms with Crippen LogP contribution in [0.3, 0.4) is 0 Å². The molecule has 0 bridgehead atoms. The second kappa shape index (κ2) is 45.7. The minimum Gasteiger partial charge on any atom is -1.00 e. The topological polar surface area (TPSA) is 393 Å². The number of methoxy groups -OCH3 is 1. The van der Waals surface area contributed by atoms with Gasteiger partial charge in [-0.1, -0.05) is 71.5 Å². The van der Waals surface area contributed by atoms with Gasteiger partial charge in [0.15, 0.2) is 12.6 Å². The molecule has 568 valence electrons. The Morgan fingerprint density at radius 3 is 1.65 bits per heavy atom. The number of amides is 2. The molecule has 5 aliphatic rings. The Hall–Kier alpha value is -2.25. The Morgan fingerprint density at radius 1 is 0.725 bits per heavy atom. The number of Topliss-reactive ketones (excluding diaryl/α,β-unsaturated/α-hetero) is 1. The molecule has 28 nitrogen and oxygen atoms in total. The Morgan fingerprint density at radius 2 is 1.21 bits per heavy atom. The number of carbonyl (C=O) groups is 5. The zero-order chi connectivity index (χ0) is 73.7. The number of nitrogen functional groups attached to an aromatic ring is 1. The molecule has 3 aromatic rings. The first-order valence-electron chi connectivity index (χ1n) is 34.0. The van der Waals surface area contributed by atoms with Gasteiger partial charge >= 0.3 is 156 Å². The molecule has 0 radical (unpaired) electrons. The maximum Gasteiger partial charge on any atom is 1.00 e. The summed E-state index contributed by atoms with van der Waals surface area (Å²) in [7, 11) is 6.84. The summed E-state index contributed by atoms with van der Waals surface area (Å²) < 4.78 is 48.3. The van der Waals surface area contributed by atoms with Crippen LogP contribution in [0, 0.1) is 23.7 Å². The number of ketones is 1.